The number of nitrogens with zero attached hydrogens (tertiary/aromatic N) is 1. The van der Waals surface area contributed by atoms with Crippen LogP contribution in [-0.4, -0.2) is 6.29 Å². The molecule has 86 valence electrons. The second kappa shape index (κ2) is 6.44. The van der Waals surface area contributed by atoms with Gasteiger partial charge in [0, 0.05) is 10.0 Å². The summed E-state index contributed by atoms with van der Waals surface area (Å²) in [5.74, 6) is 0. The first-order chi connectivity index (χ1) is 7.49. The van der Waals surface area contributed by atoms with Gasteiger partial charge in [0.2, 0.25) is 0 Å². The zero-order valence-corrected chi connectivity index (χ0v) is 11.6. The van der Waals surface area contributed by atoms with Gasteiger partial charge in [0.1, 0.15) is 6.29 Å². The van der Waals surface area contributed by atoms with Crippen molar-refractivity contribution in [2.75, 3.05) is 0 Å². The summed E-state index contributed by atoms with van der Waals surface area (Å²) >= 11 is 3.31. The second-order valence-electron chi connectivity index (χ2n) is 3.63. The van der Waals surface area contributed by atoms with Crippen molar-refractivity contribution in [1.82, 2.24) is 0 Å². The van der Waals surface area contributed by atoms with Crippen LogP contribution in [0.4, 0.5) is 0 Å². The molecule has 0 fully saturated rings. The number of halogens is 1. The Hall–Kier alpha value is -1.14. The molecule has 0 N–H and O–H groups in total. The zero-order chi connectivity index (χ0) is 12.8. The van der Waals surface area contributed by atoms with Crippen LogP contribution in [0.3, 0.4) is 0 Å². The summed E-state index contributed by atoms with van der Waals surface area (Å²) in [5.41, 5.74) is 0.857. The highest BCUT2D eigenvalue weighted by molar-refractivity contribution is 9.10. The molecule has 1 rings (SSSR count). The molecule has 0 aliphatic rings. The quantitative estimate of drug-likeness (QED) is 0.766. The highest BCUT2D eigenvalue weighted by Gasteiger charge is 2.20. The Morgan fingerprint density at radius 2 is 1.88 bits per heavy atom. The van der Waals surface area contributed by atoms with Crippen LogP contribution in [-0.2, 0) is 5.41 Å². The second-order valence-corrected chi connectivity index (χ2v) is 4.54. The van der Waals surface area contributed by atoms with E-state index in [1.807, 2.05) is 33.8 Å². The van der Waals surface area contributed by atoms with Crippen LogP contribution in [0.5, 0.6) is 0 Å². The van der Waals surface area contributed by atoms with Crippen LogP contribution in [0.1, 0.15) is 43.6 Å². The molecule has 1 aromatic carbocycles. The molecule has 0 radical (unpaired) electrons. The summed E-state index contributed by atoms with van der Waals surface area (Å²) < 4.78 is 0.820. The van der Waals surface area contributed by atoms with Gasteiger partial charge in [-0.15, -0.1) is 0 Å². The van der Waals surface area contributed by atoms with E-state index < -0.39 is 5.41 Å². The van der Waals surface area contributed by atoms with E-state index in [4.69, 9.17) is 5.26 Å². The number of hydrogen-bond acceptors (Lipinski definition) is 2. The molecule has 0 amide bonds. The van der Waals surface area contributed by atoms with Gasteiger partial charge in [0.15, 0.2) is 0 Å². The molecule has 0 saturated carbocycles. The van der Waals surface area contributed by atoms with Crippen molar-refractivity contribution in [3.05, 3.63) is 33.8 Å². The number of nitriles is 1. The minimum Gasteiger partial charge on any atom is -0.298 e. The monoisotopic (exact) mass is 281 g/mol. The van der Waals surface area contributed by atoms with Crippen molar-refractivity contribution < 1.29 is 4.79 Å². The fraction of sp³-hybridized carbons (Fsp3) is 0.385. The van der Waals surface area contributed by atoms with Gasteiger partial charge in [0.25, 0.3) is 0 Å². The van der Waals surface area contributed by atoms with E-state index in [1.54, 1.807) is 12.1 Å². The first-order valence-electron chi connectivity index (χ1n) is 5.17. The summed E-state index contributed by atoms with van der Waals surface area (Å²) in [6, 6.07) is 7.52. The minimum atomic E-state index is -0.568. The smallest absolute Gasteiger partial charge is 0.150 e. The molecule has 0 spiro atoms. The van der Waals surface area contributed by atoms with Gasteiger partial charge in [0.05, 0.1) is 11.5 Å². The number of carbonyl (C=O) groups is 1. The molecule has 0 unspecified atom stereocenters. The van der Waals surface area contributed by atoms with Gasteiger partial charge in [-0.25, -0.2) is 0 Å². The lowest BCUT2D eigenvalue weighted by Crippen LogP contribution is -2.14. The third kappa shape index (κ3) is 3.79. The fourth-order valence-corrected chi connectivity index (χ4v) is 1.62. The summed E-state index contributed by atoms with van der Waals surface area (Å²) in [6.45, 7) is 7.65. The van der Waals surface area contributed by atoms with Gasteiger partial charge in [-0.3, -0.25) is 4.79 Å². The van der Waals surface area contributed by atoms with Crippen molar-refractivity contribution in [2.24, 2.45) is 0 Å². The van der Waals surface area contributed by atoms with Crippen LogP contribution in [0.2, 0.25) is 0 Å². The largest absolute Gasteiger partial charge is 0.298 e. The molecule has 16 heavy (non-hydrogen) atoms. The molecule has 3 heteroatoms. The van der Waals surface area contributed by atoms with Crippen molar-refractivity contribution in [2.45, 2.75) is 33.1 Å². The lowest BCUT2D eigenvalue weighted by Gasteiger charge is -2.16. The standard InChI is InChI=1S/C11H10BrNO.C2H6/c1-11(2,7-13)9-3-8(6-14)4-10(12)5-9;1-2/h3-6H,1-2H3;1-2H3. The van der Waals surface area contributed by atoms with Crippen molar-refractivity contribution in [1.29, 1.82) is 5.26 Å². The van der Waals surface area contributed by atoms with E-state index in [9.17, 15) is 4.79 Å². The number of aldehydes is 1. The van der Waals surface area contributed by atoms with Crippen LogP contribution in [0, 0.1) is 11.3 Å². The van der Waals surface area contributed by atoms with E-state index in [0.29, 0.717) is 5.56 Å². The topological polar surface area (TPSA) is 40.9 Å². The Balaban J connectivity index is 0.00000106. The molecule has 0 saturated heterocycles. The van der Waals surface area contributed by atoms with E-state index in [-0.39, 0.29) is 0 Å². The Kier molecular flexibility index (Phi) is 5.98. The summed E-state index contributed by atoms with van der Waals surface area (Å²) in [6.07, 6.45) is 0.779. The fourth-order valence-electron chi connectivity index (χ4n) is 1.11. The first-order valence-corrected chi connectivity index (χ1v) is 5.96. The lowest BCUT2D eigenvalue weighted by atomic mass is 9.86. The van der Waals surface area contributed by atoms with Gasteiger partial charge in [-0.05, 0) is 37.6 Å². The zero-order valence-electron chi connectivity index (χ0n) is 10.0. The molecular formula is C13H16BrNO. The molecule has 0 atom stereocenters. The minimum absolute atomic E-state index is 0.568. The number of benzene rings is 1. The number of rotatable bonds is 2. The highest BCUT2D eigenvalue weighted by Crippen LogP contribution is 2.26. The van der Waals surface area contributed by atoms with E-state index >= 15 is 0 Å². The van der Waals surface area contributed by atoms with E-state index in [0.717, 1.165) is 16.3 Å². The summed E-state index contributed by atoms with van der Waals surface area (Å²) in [4.78, 5) is 10.6. The van der Waals surface area contributed by atoms with Crippen LogP contribution in [0.25, 0.3) is 0 Å². The number of carbonyl (C=O) groups excluding carboxylic acids is 1. The van der Waals surface area contributed by atoms with Gasteiger partial charge in [-0.1, -0.05) is 29.8 Å². The predicted octanol–water partition coefficient (Wildman–Crippen LogP) is 4.09. The van der Waals surface area contributed by atoms with E-state index in [2.05, 4.69) is 22.0 Å². The third-order valence-corrected chi connectivity index (χ3v) is 2.52. The molecule has 0 heterocycles. The van der Waals surface area contributed by atoms with E-state index in [1.165, 1.54) is 0 Å². The maximum absolute atomic E-state index is 10.6. The molecule has 0 aromatic heterocycles. The molecule has 2 nitrogen and oxygen atoms in total. The first kappa shape index (κ1) is 14.9. The van der Waals surface area contributed by atoms with Crippen LogP contribution >= 0.6 is 15.9 Å². The van der Waals surface area contributed by atoms with Crippen LogP contribution in [0.15, 0.2) is 22.7 Å². The SMILES string of the molecule is CC.CC(C)(C#N)c1cc(Br)cc(C=O)c1. The summed E-state index contributed by atoms with van der Waals surface area (Å²) in [7, 11) is 0. The van der Waals surface area contributed by atoms with Gasteiger partial charge >= 0.3 is 0 Å². The number of hydrogen-bond donors (Lipinski definition) is 0. The average Bonchev–Trinajstić information content (AvgIpc) is 2.30. The Morgan fingerprint density at radius 3 is 2.31 bits per heavy atom. The molecule has 0 bridgehead atoms. The Labute approximate surface area is 105 Å². The normalized spacial score (nSPS) is 9.75. The van der Waals surface area contributed by atoms with Gasteiger partial charge < -0.3 is 0 Å². The van der Waals surface area contributed by atoms with Crippen molar-refractivity contribution >= 4 is 22.2 Å². The third-order valence-electron chi connectivity index (χ3n) is 2.06. The average molecular weight is 282 g/mol. The van der Waals surface area contributed by atoms with Crippen molar-refractivity contribution in [3.8, 4) is 6.07 Å². The van der Waals surface area contributed by atoms with Crippen molar-refractivity contribution in [3.63, 3.8) is 0 Å². The Bertz CT molecular complexity index is 405. The molecule has 1 aromatic rings. The Morgan fingerprint density at radius 1 is 1.31 bits per heavy atom. The summed E-state index contributed by atoms with van der Waals surface area (Å²) in [5, 5.41) is 8.95. The molecular weight excluding hydrogens is 266 g/mol. The van der Waals surface area contributed by atoms with Crippen LogP contribution < -0.4 is 0 Å². The molecule has 0 aliphatic heterocycles. The predicted molar refractivity (Wildman–Crippen MR) is 69.5 cm³/mol. The maximum Gasteiger partial charge on any atom is 0.150 e. The highest BCUT2D eigenvalue weighted by atomic mass is 79.9. The van der Waals surface area contributed by atoms with Gasteiger partial charge in [-0.2, -0.15) is 5.26 Å². The molecule has 0 aliphatic carbocycles. The maximum atomic E-state index is 10.6. The lowest BCUT2D eigenvalue weighted by molar-refractivity contribution is 0.112.